The molecule has 1 aliphatic rings. The van der Waals surface area contributed by atoms with E-state index in [4.69, 9.17) is 5.73 Å². The molecule has 0 saturated heterocycles. The fraction of sp³-hybridized carbons (Fsp3) is 0.800. The molecule has 1 aliphatic carbocycles. The Morgan fingerprint density at radius 1 is 1.38 bits per heavy atom. The monoisotopic (exact) mass is 249 g/mol. The number of hydrogen-bond acceptors (Lipinski definition) is 3. The van der Waals surface area contributed by atoms with Gasteiger partial charge in [0.1, 0.15) is 0 Å². The largest absolute Gasteiger partial charge is 0.347 e. The number of likely N-dealkylation sites (N-methyl/N-ethyl adjacent to an activating group) is 1. The van der Waals surface area contributed by atoms with E-state index in [1.165, 1.54) is 4.90 Å². The van der Waals surface area contributed by atoms with Gasteiger partial charge in [0.15, 0.2) is 0 Å². The van der Waals surface area contributed by atoms with Crippen molar-refractivity contribution in [3.05, 3.63) is 0 Å². The number of nitrogens with one attached hydrogen (secondary N) is 1. The molecule has 1 saturated carbocycles. The quantitative estimate of drug-likeness (QED) is 0.724. The van der Waals surface area contributed by atoms with Crippen LogP contribution in [-0.2, 0) is 9.59 Å². The normalized spacial score (nSPS) is 23.4. The van der Waals surface area contributed by atoms with Crippen LogP contribution in [0.3, 0.4) is 0 Å². The Labute approximate surface area is 102 Å². The lowest BCUT2D eigenvalue weighted by molar-refractivity contribution is -0.132. The van der Waals surface area contributed by atoms with E-state index in [1.807, 2.05) is 0 Å². The van der Waals surface area contributed by atoms with Crippen LogP contribution in [0.25, 0.3) is 0 Å². The van der Waals surface area contributed by atoms with E-state index in [2.05, 4.69) is 5.32 Å². The average molecular weight is 250 g/mol. The highest BCUT2D eigenvalue weighted by Crippen LogP contribution is 2.23. The van der Waals surface area contributed by atoms with Crippen LogP contribution < -0.4 is 11.1 Å². The van der Waals surface area contributed by atoms with Crippen molar-refractivity contribution in [2.24, 2.45) is 11.7 Å². The predicted octanol–water partition coefficient (Wildman–Crippen LogP) is -0.260. The molecular formula is C10H20ClN3O2. The van der Waals surface area contributed by atoms with E-state index in [0.717, 1.165) is 19.3 Å². The number of carbonyl (C=O) groups excluding carboxylic acids is 2. The predicted molar refractivity (Wildman–Crippen MR) is 64.3 cm³/mol. The maximum absolute atomic E-state index is 11.6. The zero-order chi connectivity index (χ0) is 11.4. The summed E-state index contributed by atoms with van der Waals surface area (Å²) in [7, 11) is 3.32. The summed E-state index contributed by atoms with van der Waals surface area (Å²) >= 11 is 0. The smallest absolute Gasteiger partial charge is 0.241 e. The van der Waals surface area contributed by atoms with Crippen molar-refractivity contribution < 1.29 is 9.59 Å². The fourth-order valence-corrected chi connectivity index (χ4v) is 1.77. The minimum atomic E-state index is -0.111. The van der Waals surface area contributed by atoms with Crippen molar-refractivity contribution in [2.75, 3.05) is 20.6 Å². The second-order valence-corrected chi connectivity index (χ2v) is 4.21. The number of halogens is 1. The Morgan fingerprint density at radius 2 is 2.00 bits per heavy atom. The second kappa shape index (κ2) is 6.70. The molecule has 3 N–H and O–H groups in total. The van der Waals surface area contributed by atoms with Crippen LogP contribution in [0.5, 0.6) is 0 Å². The van der Waals surface area contributed by atoms with Gasteiger partial charge in [0, 0.05) is 20.1 Å². The number of nitrogens with two attached hydrogens (primary N) is 1. The highest BCUT2D eigenvalue weighted by atomic mass is 35.5. The molecule has 94 valence electrons. The summed E-state index contributed by atoms with van der Waals surface area (Å²) in [6.45, 7) is 0.0645. The van der Waals surface area contributed by atoms with Crippen molar-refractivity contribution in [1.82, 2.24) is 10.2 Å². The van der Waals surface area contributed by atoms with Crippen LogP contribution in [0.2, 0.25) is 0 Å². The summed E-state index contributed by atoms with van der Waals surface area (Å²) in [4.78, 5) is 24.3. The number of nitrogens with zero attached hydrogens (tertiary/aromatic N) is 1. The Balaban J connectivity index is 0.00000225. The molecule has 2 amide bonds. The Morgan fingerprint density at radius 3 is 2.44 bits per heavy atom. The zero-order valence-corrected chi connectivity index (χ0v) is 10.5. The van der Waals surface area contributed by atoms with E-state index in [0.29, 0.717) is 0 Å². The van der Waals surface area contributed by atoms with Crippen LogP contribution in [0, 0.1) is 5.92 Å². The fourth-order valence-electron chi connectivity index (χ4n) is 1.77. The zero-order valence-electron chi connectivity index (χ0n) is 9.73. The molecule has 0 radical (unpaired) electrons. The van der Waals surface area contributed by atoms with Gasteiger partial charge in [-0.3, -0.25) is 9.59 Å². The minimum absolute atomic E-state index is 0. The Kier molecular flexibility index (Phi) is 6.36. The molecule has 1 fully saturated rings. The van der Waals surface area contributed by atoms with Gasteiger partial charge in [0.25, 0.3) is 0 Å². The first-order valence-corrected chi connectivity index (χ1v) is 5.26. The number of amides is 2. The molecule has 0 aromatic rings. The molecular weight excluding hydrogens is 230 g/mol. The summed E-state index contributed by atoms with van der Waals surface area (Å²) in [6.07, 6.45) is 2.74. The first-order chi connectivity index (χ1) is 7.02. The molecule has 0 aromatic heterocycles. The van der Waals surface area contributed by atoms with Crippen molar-refractivity contribution in [1.29, 1.82) is 0 Å². The highest BCUT2D eigenvalue weighted by molar-refractivity contribution is 5.86. The van der Waals surface area contributed by atoms with Crippen molar-refractivity contribution in [2.45, 2.75) is 25.3 Å². The third-order valence-corrected chi connectivity index (χ3v) is 2.82. The lowest BCUT2D eigenvalue weighted by Crippen LogP contribution is -2.42. The molecule has 0 aromatic carbocycles. The van der Waals surface area contributed by atoms with Crippen LogP contribution in [-0.4, -0.2) is 43.4 Å². The van der Waals surface area contributed by atoms with E-state index in [1.54, 1.807) is 14.1 Å². The van der Waals surface area contributed by atoms with E-state index >= 15 is 0 Å². The average Bonchev–Trinajstić information content (AvgIpc) is 2.60. The molecule has 5 nitrogen and oxygen atoms in total. The molecule has 2 unspecified atom stereocenters. The van der Waals surface area contributed by atoms with Gasteiger partial charge in [-0.2, -0.15) is 0 Å². The summed E-state index contributed by atoms with van der Waals surface area (Å²) < 4.78 is 0. The van der Waals surface area contributed by atoms with Crippen LogP contribution in [0.15, 0.2) is 0 Å². The molecule has 0 spiro atoms. The van der Waals surface area contributed by atoms with Crippen molar-refractivity contribution >= 4 is 24.2 Å². The van der Waals surface area contributed by atoms with Gasteiger partial charge in [-0.05, 0) is 12.8 Å². The highest BCUT2D eigenvalue weighted by Gasteiger charge is 2.30. The molecule has 2 atom stereocenters. The maximum atomic E-state index is 11.6. The summed E-state index contributed by atoms with van der Waals surface area (Å²) in [5.41, 5.74) is 5.79. The first-order valence-electron chi connectivity index (χ1n) is 5.26. The minimum Gasteiger partial charge on any atom is -0.347 e. The second-order valence-electron chi connectivity index (χ2n) is 4.21. The number of carbonyl (C=O) groups is 2. The Hall–Kier alpha value is -0.810. The van der Waals surface area contributed by atoms with Gasteiger partial charge in [0.2, 0.25) is 11.8 Å². The van der Waals surface area contributed by atoms with E-state index < -0.39 is 0 Å². The van der Waals surface area contributed by atoms with Gasteiger partial charge in [-0.1, -0.05) is 6.42 Å². The molecule has 0 bridgehead atoms. The Bertz CT molecular complexity index is 258. The van der Waals surface area contributed by atoms with Crippen LogP contribution in [0.4, 0.5) is 0 Å². The standard InChI is InChI=1S/C10H19N3O2.ClH/c1-13(2)9(14)6-12-10(15)7-4-3-5-8(7)11;/h7-8H,3-6,11H2,1-2H3,(H,12,15);1H. The van der Waals surface area contributed by atoms with E-state index in [9.17, 15) is 9.59 Å². The van der Waals surface area contributed by atoms with Gasteiger partial charge < -0.3 is 16.0 Å². The molecule has 6 heteroatoms. The molecule has 0 heterocycles. The summed E-state index contributed by atoms with van der Waals surface area (Å²) in [5, 5.41) is 2.63. The molecule has 1 rings (SSSR count). The summed E-state index contributed by atoms with van der Waals surface area (Å²) in [5.74, 6) is -0.301. The third-order valence-electron chi connectivity index (χ3n) is 2.82. The first kappa shape index (κ1) is 15.2. The van der Waals surface area contributed by atoms with Gasteiger partial charge in [-0.25, -0.2) is 0 Å². The van der Waals surface area contributed by atoms with Crippen molar-refractivity contribution in [3.8, 4) is 0 Å². The lowest BCUT2D eigenvalue weighted by Gasteiger charge is -2.16. The van der Waals surface area contributed by atoms with Gasteiger partial charge in [-0.15, -0.1) is 12.4 Å². The van der Waals surface area contributed by atoms with Crippen molar-refractivity contribution in [3.63, 3.8) is 0 Å². The van der Waals surface area contributed by atoms with E-state index in [-0.39, 0.29) is 42.7 Å². The topological polar surface area (TPSA) is 75.4 Å². The maximum Gasteiger partial charge on any atom is 0.241 e. The van der Waals surface area contributed by atoms with Crippen LogP contribution in [0.1, 0.15) is 19.3 Å². The third kappa shape index (κ3) is 3.98. The summed E-state index contributed by atoms with van der Waals surface area (Å²) in [6, 6.07) is -0.0422. The SMILES string of the molecule is CN(C)C(=O)CNC(=O)C1CCCC1N.Cl. The molecule has 0 aliphatic heterocycles. The van der Waals surface area contributed by atoms with Crippen LogP contribution >= 0.6 is 12.4 Å². The molecule has 16 heavy (non-hydrogen) atoms. The lowest BCUT2D eigenvalue weighted by atomic mass is 10.0. The number of rotatable bonds is 3. The van der Waals surface area contributed by atoms with Gasteiger partial charge >= 0.3 is 0 Å². The van der Waals surface area contributed by atoms with Gasteiger partial charge in [0.05, 0.1) is 12.5 Å². The number of hydrogen-bond donors (Lipinski definition) is 2.